The molecule has 3 aromatic rings. The van der Waals surface area contributed by atoms with Gasteiger partial charge in [-0.1, -0.05) is 24.3 Å². The van der Waals surface area contributed by atoms with Crippen molar-refractivity contribution in [2.75, 3.05) is 19.6 Å². The zero-order valence-corrected chi connectivity index (χ0v) is 23.9. The summed E-state index contributed by atoms with van der Waals surface area (Å²) in [5, 5.41) is 14.2. The van der Waals surface area contributed by atoms with E-state index in [0.717, 1.165) is 18.7 Å². The normalized spacial score (nSPS) is 19.5. The molecule has 2 aliphatic heterocycles. The van der Waals surface area contributed by atoms with Crippen LogP contribution in [-0.4, -0.2) is 87.3 Å². The Bertz CT molecular complexity index is 1540. The Hall–Kier alpha value is -4.29. The van der Waals surface area contributed by atoms with Gasteiger partial charge >= 0.3 is 24.3 Å². The van der Waals surface area contributed by atoms with E-state index in [1.165, 1.54) is 4.31 Å². The molecule has 0 radical (unpaired) electrons. The highest BCUT2D eigenvalue weighted by Gasteiger charge is 2.48. The number of pyridine rings is 2. The lowest BCUT2D eigenvalue weighted by Gasteiger charge is -2.32. The van der Waals surface area contributed by atoms with Gasteiger partial charge in [0.05, 0.1) is 24.5 Å². The van der Waals surface area contributed by atoms with Gasteiger partial charge in [0.2, 0.25) is 10.0 Å². The van der Waals surface area contributed by atoms with Gasteiger partial charge < -0.3 is 14.9 Å². The number of ether oxygens (including phenoxy) is 1. The largest absolute Gasteiger partial charge is 0.490 e. The summed E-state index contributed by atoms with van der Waals surface area (Å²) >= 11 is 0. The molecule has 2 aliphatic rings. The molecule has 11 nitrogen and oxygen atoms in total. The minimum Gasteiger partial charge on any atom is -0.483 e. The van der Waals surface area contributed by atoms with Gasteiger partial charge in [-0.05, 0) is 36.4 Å². The van der Waals surface area contributed by atoms with Crippen molar-refractivity contribution in [3.05, 3.63) is 84.4 Å². The quantitative estimate of drug-likeness (QED) is 0.393. The van der Waals surface area contributed by atoms with Crippen molar-refractivity contribution < 1.29 is 59.3 Å². The van der Waals surface area contributed by atoms with E-state index in [1.807, 2.05) is 42.5 Å². The fourth-order valence-electron chi connectivity index (χ4n) is 4.37. The first-order valence-electron chi connectivity index (χ1n) is 12.8. The minimum atomic E-state index is -5.08. The number of benzene rings is 1. The number of halogens is 6. The number of hydrogen-bond acceptors (Lipinski definition) is 8. The van der Waals surface area contributed by atoms with Crippen LogP contribution in [0.25, 0.3) is 0 Å². The smallest absolute Gasteiger partial charge is 0.483 e. The Labute approximate surface area is 252 Å². The number of alkyl halides is 6. The summed E-state index contributed by atoms with van der Waals surface area (Å²) in [7, 11) is -3.72. The lowest BCUT2D eigenvalue weighted by Crippen LogP contribution is -2.49. The number of fused-ring (bicyclic) bond motifs is 1. The average molecular weight is 665 g/mol. The molecule has 1 atom stereocenters. The van der Waals surface area contributed by atoms with Crippen LogP contribution in [0.4, 0.5) is 26.3 Å². The number of hydrogen-bond donors (Lipinski definition) is 2. The number of rotatable bonds is 4. The Kier molecular flexibility index (Phi) is 11.1. The minimum absolute atomic E-state index is 0.211. The Morgan fingerprint density at radius 2 is 1.29 bits per heavy atom. The van der Waals surface area contributed by atoms with E-state index in [-0.39, 0.29) is 18.0 Å². The average Bonchev–Trinajstić information content (AvgIpc) is 3.31. The van der Waals surface area contributed by atoms with Gasteiger partial charge in [0.15, 0.2) is 0 Å². The molecule has 1 fully saturated rings. The molecular formula is C27H26F6N4O7S. The summed E-state index contributed by atoms with van der Waals surface area (Å²) in [6.45, 7) is 2.64. The standard InChI is InChI=1S/C23H24N4O3S.2C2HF3O2/c28-31(29)22-10-2-1-9-21(22)30-23(18-27(31)16-20-8-4-6-13-25-20)11-14-26(17-23)15-19-7-3-5-12-24-19;2*3-2(4,5)1(6)7/h1-10,12-13H,11,14-18H2;2*(H,6,7). The third-order valence-electron chi connectivity index (χ3n) is 6.31. The zero-order valence-electron chi connectivity index (χ0n) is 23.1. The highest BCUT2D eigenvalue weighted by Crippen LogP contribution is 2.39. The van der Waals surface area contributed by atoms with Gasteiger partial charge in [0.25, 0.3) is 0 Å². The van der Waals surface area contributed by atoms with Crippen molar-refractivity contribution in [2.45, 2.75) is 42.4 Å². The van der Waals surface area contributed by atoms with Crippen LogP contribution in [0.3, 0.4) is 0 Å². The first-order chi connectivity index (χ1) is 20.9. The molecule has 0 aliphatic carbocycles. The van der Waals surface area contributed by atoms with E-state index in [0.29, 0.717) is 24.5 Å². The second-order valence-corrected chi connectivity index (χ2v) is 11.6. The highest BCUT2D eigenvalue weighted by atomic mass is 32.2. The molecule has 0 bridgehead atoms. The number of nitrogens with zero attached hydrogens (tertiary/aromatic N) is 4. The van der Waals surface area contributed by atoms with E-state index >= 15 is 0 Å². The Balaban J connectivity index is 0.000000331. The molecule has 2 N–H and O–H groups in total. The number of aromatic nitrogens is 2. The van der Waals surface area contributed by atoms with Crippen LogP contribution in [0.15, 0.2) is 78.0 Å². The number of sulfonamides is 1. The monoisotopic (exact) mass is 664 g/mol. The van der Waals surface area contributed by atoms with Crippen molar-refractivity contribution in [3.63, 3.8) is 0 Å². The van der Waals surface area contributed by atoms with E-state index in [4.69, 9.17) is 24.5 Å². The number of likely N-dealkylation sites (tertiary alicyclic amines) is 1. The SMILES string of the molecule is O=C(O)C(F)(F)F.O=C(O)C(F)(F)F.O=S1(=O)c2ccccc2OC2(CCN(Cc3ccccn3)C2)CN1Cc1ccccn1. The van der Waals surface area contributed by atoms with E-state index in [1.54, 1.807) is 30.6 Å². The number of carboxylic acids is 2. The third-order valence-corrected chi connectivity index (χ3v) is 8.15. The van der Waals surface area contributed by atoms with Crippen LogP contribution in [0, 0.1) is 0 Å². The van der Waals surface area contributed by atoms with Crippen LogP contribution in [0.5, 0.6) is 5.75 Å². The molecule has 45 heavy (non-hydrogen) atoms. The van der Waals surface area contributed by atoms with E-state index < -0.39 is 39.9 Å². The predicted molar refractivity (Wildman–Crippen MR) is 143 cm³/mol. The summed E-state index contributed by atoms with van der Waals surface area (Å²) in [5.74, 6) is -5.09. The number of carbonyl (C=O) groups is 2. The Morgan fingerprint density at radius 3 is 1.78 bits per heavy atom. The molecule has 1 aromatic carbocycles. The fraction of sp³-hybridized carbons (Fsp3) is 0.333. The molecule has 18 heteroatoms. The first kappa shape index (κ1) is 35.2. The molecule has 0 saturated carbocycles. The number of para-hydroxylation sites is 1. The van der Waals surface area contributed by atoms with E-state index in [2.05, 4.69) is 14.9 Å². The van der Waals surface area contributed by atoms with E-state index in [9.17, 15) is 34.8 Å². The highest BCUT2D eigenvalue weighted by molar-refractivity contribution is 7.89. The molecule has 4 heterocycles. The summed E-state index contributed by atoms with van der Waals surface area (Å²) in [6.07, 6.45) is -5.95. The van der Waals surface area contributed by atoms with Crippen molar-refractivity contribution in [1.82, 2.24) is 19.2 Å². The summed E-state index contributed by atoms with van der Waals surface area (Å²) < 4.78 is 98.5. The van der Waals surface area contributed by atoms with Gasteiger partial charge in [0.1, 0.15) is 16.2 Å². The van der Waals surface area contributed by atoms with Crippen molar-refractivity contribution in [1.29, 1.82) is 0 Å². The van der Waals surface area contributed by atoms with Crippen molar-refractivity contribution >= 4 is 22.0 Å². The fourth-order valence-corrected chi connectivity index (χ4v) is 5.97. The Morgan fingerprint density at radius 1 is 0.800 bits per heavy atom. The van der Waals surface area contributed by atoms with Crippen molar-refractivity contribution in [2.24, 2.45) is 0 Å². The summed E-state index contributed by atoms with van der Waals surface area (Å²) in [4.78, 5) is 29.1. The molecule has 1 saturated heterocycles. The molecule has 0 amide bonds. The molecule has 1 unspecified atom stereocenters. The molecule has 244 valence electrons. The lowest BCUT2D eigenvalue weighted by molar-refractivity contribution is -0.193. The topological polar surface area (TPSA) is 150 Å². The van der Waals surface area contributed by atoms with Gasteiger partial charge in [0, 0.05) is 38.4 Å². The van der Waals surface area contributed by atoms with Crippen LogP contribution in [-0.2, 0) is 32.7 Å². The second-order valence-electron chi connectivity index (χ2n) is 9.71. The van der Waals surface area contributed by atoms with Gasteiger partial charge in [-0.15, -0.1) is 0 Å². The van der Waals surface area contributed by atoms with Crippen LogP contribution >= 0.6 is 0 Å². The number of carboxylic acid groups (broad SMARTS) is 2. The molecular weight excluding hydrogens is 638 g/mol. The predicted octanol–water partition coefficient (Wildman–Crippen LogP) is 3.97. The van der Waals surface area contributed by atoms with Crippen LogP contribution in [0.2, 0.25) is 0 Å². The van der Waals surface area contributed by atoms with Gasteiger partial charge in [-0.2, -0.15) is 30.6 Å². The number of aliphatic carboxylic acids is 2. The van der Waals surface area contributed by atoms with Gasteiger partial charge in [-0.25, -0.2) is 18.0 Å². The van der Waals surface area contributed by atoms with Gasteiger partial charge in [-0.3, -0.25) is 14.9 Å². The second kappa shape index (κ2) is 14.2. The maximum Gasteiger partial charge on any atom is 0.490 e. The maximum absolute atomic E-state index is 13.5. The summed E-state index contributed by atoms with van der Waals surface area (Å²) in [5.41, 5.74) is 1.08. The maximum atomic E-state index is 13.5. The van der Waals surface area contributed by atoms with Crippen molar-refractivity contribution in [3.8, 4) is 5.75 Å². The molecule has 5 rings (SSSR count). The first-order valence-corrected chi connectivity index (χ1v) is 14.3. The lowest BCUT2D eigenvalue weighted by atomic mass is 10.0. The molecule has 1 spiro atoms. The third kappa shape index (κ3) is 9.85. The molecule has 2 aromatic heterocycles. The summed E-state index contributed by atoms with van der Waals surface area (Å²) in [6, 6.07) is 18.4. The van der Waals surface area contributed by atoms with Crippen LogP contribution < -0.4 is 4.74 Å². The zero-order chi connectivity index (χ0) is 33.5. The van der Waals surface area contributed by atoms with Crippen LogP contribution in [0.1, 0.15) is 17.8 Å².